The number of carboxylic acids is 1. The highest BCUT2D eigenvalue weighted by Crippen LogP contribution is 2.54. The molecule has 4 rings (SSSR count). The van der Waals surface area contributed by atoms with Crippen LogP contribution in [0, 0.1) is 11.8 Å². The summed E-state index contributed by atoms with van der Waals surface area (Å²) in [7, 11) is 0. The quantitative estimate of drug-likeness (QED) is 0.418. The summed E-state index contributed by atoms with van der Waals surface area (Å²) in [5, 5.41) is 17.0. The molecule has 4 atom stereocenters. The monoisotopic (exact) mass is 571 g/mol. The molecule has 0 aliphatic carbocycles. The van der Waals surface area contributed by atoms with Gasteiger partial charge in [-0.1, -0.05) is 68.2 Å². The predicted molar refractivity (Wildman–Crippen MR) is 136 cm³/mol. The van der Waals surface area contributed by atoms with Gasteiger partial charge in [-0.25, -0.2) is 0 Å². The molecule has 0 radical (unpaired) electrons. The number of carbonyl (C=O) groups excluding carboxylic acids is 2. The number of hydrogen-bond donors (Lipinski definition) is 4. The van der Waals surface area contributed by atoms with Gasteiger partial charge in [0.15, 0.2) is 0 Å². The van der Waals surface area contributed by atoms with Gasteiger partial charge in [0.2, 0.25) is 11.8 Å². The van der Waals surface area contributed by atoms with E-state index >= 15 is 0 Å². The fraction of sp³-hybridized carbons (Fsp3) is 0.423. The third kappa shape index (κ3) is 4.85. The summed E-state index contributed by atoms with van der Waals surface area (Å²) in [5.41, 5.74) is -0.846. The van der Waals surface area contributed by atoms with Crippen LogP contribution in [0.1, 0.15) is 37.5 Å². The summed E-state index contributed by atoms with van der Waals surface area (Å²) in [5.74, 6) is -8.20. The van der Waals surface area contributed by atoms with Crippen molar-refractivity contribution in [3.63, 3.8) is 0 Å². The van der Waals surface area contributed by atoms with Crippen LogP contribution >= 0.6 is 23.2 Å². The van der Waals surface area contributed by atoms with Crippen molar-refractivity contribution in [2.75, 3.05) is 11.9 Å². The molecule has 7 nitrogen and oxygen atoms in total. The molecule has 38 heavy (non-hydrogen) atoms. The molecular weight excluding hydrogens is 546 g/mol. The molecule has 2 heterocycles. The molecule has 1 fully saturated rings. The second-order valence-electron chi connectivity index (χ2n) is 10.6. The SMILES string of the molecule is CC(C)(C)c1cccc(CCNC(=O)C2C(C(F)(F)F)NC3(C(=O)Nc4c(Cl)cc(Cl)cc43)C2C(=O)O)c1. The number of carbonyl (C=O) groups is 3. The van der Waals surface area contributed by atoms with Gasteiger partial charge in [-0.2, -0.15) is 13.2 Å². The minimum atomic E-state index is -5.05. The Labute approximate surface area is 227 Å². The Morgan fingerprint density at radius 3 is 2.42 bits per heavy atom. The lowest BCUT2D eigenvalue weighted by molar-refractivity contribution is -0.170. The van der Waals surface area contributed by atoms with E-state index in [1.165, 1.54) is 12.1 Å². The second-order valence-corrected chi connectivity index (χ2v) is 11.4. The van der Waals surface area contributed by atoms with Crippen molar-refractivity contribution in [1.82, 2.24) is 10.6 Å². The van der Waals surface area contributed by atoms with Gasteiger partial charge in [0, 0.05) is 17.1 Å². The fourth-order valence-corrected chi connectivity index (χ4v) is 5.79. The predicted octanol–water partition coefficient (Wildman–Crippen LogP) is 4.65. The van der Waals surface area contributed by atoms with Gasteiger partial charge in [0.25, 0.3) is 0 Å². The molecule has 2 aromatic rings. The number of hydrogen-bond acceptors (Lipinski definition) is 4. The van der Waals surface area contributed by atoms with Crippen molar-refractivity contribution in [3.8, 4) is 0 Å². The van der Waals surface area contributed by atoms with Crippen LogP contribution in [0.5, 0.6) is 0 Å². The average Bonchev–Trinajstić information content (AvgIpc) is 3.31. The first kappa shape index (κ1) is 28.2. The van der Waals surface area contributed by atoms with Gasteiger partial charge in [0.05, 0.1) is 16.6 Å². The standard InChI is InChI=1S/C26H26Cl2F3N3O4/c1-24(2,3)13-6-4-5-12(9-13)7-8-32-21(35)17-18(22(36)37)25(34-20(17)26(29,30)31)15-10-14(27)11-16(28)19(15)33-23(25)38/h4-6,9-11,17-18,20,34H,7-8H2,1-3H3,(H,32,35)(H,33,38)(H,36,37). The first-order valence-corrected chi connectivity index (χ1v) is 12.6. The number of benzene rings is 2. The number of anilines is 1. The van der Waals surface area contributed by atoms with Crippen LogP contribution < -0.4 is 16.0 Å². The maximum Gasteiger partial charge on any atom is 0.404 e. The minimum Gasteiger partial charge on any atom is -0.481 e. The van der Waals surface area contributed by atoms with Crippen molar-refractivity contribution in [2.45, 2.75) is 50.4 Å². The summed E-state index contributed by atoms with van der Waals surface area (Å²) in [4.78, 5) is 38.8. The number of alkyl halides is 3. The number of fused-ring (bicyclic) bond motifs is 2. The van der Waals surface area contributed by atoms with Gasteiger partial charge in [-0.05, 0) is 35.1 Å². The first-order valence-electron chi connectivity index (χ1n) is 11.8. The summed E-state index contributed by atoms with van der Waals surface area (Å²) < 4.78 is 42.7. The van der Waals surface area contributed by atoms with Gasteiger partial charge < -0.3 is 15.7 Å². The highest BCUT2D eigenvalue weighted by Gasteiger charge is 2.71. The van der Waals surface area contributed by atoms with E-state index in [0.717, 1.165) is 11.1 Å². The molecule has 2 aliphatic heterocycles. The van der Waals surface area contributed by atoms with Crippen molar-refractivity contribution in [3.05, 3.63) is 63.1 Å². The van der Waals surface area contributed by atoms with Crippen LogP contribution in [0.3, 0.4) is 0 Å². The highest BCUT2D eigenvalue weighted by atomic mass is 35.5. The zero-order valence-corrected chi connectivity index (χ0v) is 22.2. The van der Waals surface area contributed by atoms with Crippen molar-refractivity contribution in [2.24, 2.45) is 11.8 Å². The van der Waals surface area contributed by atoms with Crippen LogP contribution in [0.15, 0.2) is 36.4 Å². The molecule has 4 unspecified atom stereocenters. The van der Waals surface area contributed by atoms with Gasteiger partial charge in [-0.15, -0.1) is 0 Å². The maximum atomic E-state index is 14.2. The van der Waals surface area contributed by atoms with E-state index in [1.807, 2.05) is 45.0 Å². The molecule has 2 aromatic carbocycles. The number of rotatable bonds is 5. The molecule has 4 N–H and O–H groups in total. The molecule has 0 aromatic heterocycles. The van der Waals surface area contributed by atoms with Gasteiger partial charge in [-0.3, -0.25) is 19.7 Å². The van der Waals surface area contributed by atoms with Crippen LogP contribution in [-0.4, -0.2) is 41.7 Å². The Kier molecular flexibility index (Phi) is 7.22. The topological polar surface area (TPSA) is 108 Å². The molecule has 0 saturated carbocycles. The average molecular weight is 572 g/mol. The lowest BCUT2D eigenvalue weighted by Crippen LogP contribution is -2.53. The molecule has 1 saturated heterocycles. The Bertz CT molecular complexity index is 1310. The number of amides is 2. The fourth-order valence-electron chi connectivity index (χ4n) is 5.25. The smallest absolute Gasteiger partial charge is 0.404 e. The summed E-state index contributed by atoms with van der Waals surface area (Å²) in [6.45, 7) is 6.08. The number of carboxylic acid groups (broad SMARTS) is 1. The normalized spacial score (nSPS) is 24.8. The Hall–Kier alpha value is -2.82. The first-order chi connectivity index (χ1) is 17.6. The van der Waals surface area contributed by atoms with Crippen molar-refractivity contribution in [1.29, 1.82) is 0 Å². The van der Waals surface area contributed by atoms with Crippen molar-refractivity contribution < 1.29 is 32.7 Å². The molecule has 204 valence electrons. The molecular formula is C26H26Cl2F3N3O4. The third-order valence-electron chi connectivity index (χ3n) is 7.07. The van der Waals surface area contributed by atoms with E-state index in [2.05, 4.69) is 16.0 Å². The van der Waals surface area contributed by atoms with E-state index in [4.69, 9.17) is 23.2 Å². The van der Waals surface area contributed by atoms with E-state index in [1.54, 1.807) is 0 Å². The highest BCUT2D eigenvalue weighted by molar-refractivity contribution is 6.38. The van der Waals surface area contributed by atoms with Crippen LogP contribution in [0.4, 0.5) is 18.9 Å². The van der Waals surface area contributed by atoms with E-state index in [9.17, 15) is 32.7 Å². The Morgan fingerprint density at radius 1 is 1.13 bits per heavy atom. The Balaban J connectivity index is 1.67. The summed E-state index contributed by atoms with van der Waals surface area (Å²) >= 11 is 12.2. The Morgan fingerprint density at radius 2 is 1.82 bits per heavy atom. The molecule has 2 amide bonds. The molecule has 0 bridgehead atoms. The van der Waals surface area contributed by atoms with Crippen LogP contribution in [0.25, 0.3) is 0 Å². The van der Waals surface area contributed by atoms with Crippen LogP contribution in [0.2, 0.25) is 10.0 Å². The molecule has 2 aliphatic rings. The number of aliphatic carboxylic acids is 1. The summed E-state index contributed by atoms with van der Waals surface area (Å²) in [6, 6.07) is 7.42. The second kappa shape index (κ2) is 9.73. The molecule has 12 heteroatoms. The van der Waals surface area contributed by atoms with Crippen LogP contribution in [-0.2, 0) is 31.8 Å². The molecule has 1 spiro atoms. The van der Waals surface area contributed by atoms with Gasteiger partial charge in [0.1, 0.15) is 17.5 Å². The zero-order chi connectivity index (χ0) is 28.2. The maximum absolute atomic E-state index is 14.2. The summed E-state index contributed by atoms with van der Waals surface area (Å²) in [6.07, 6.45) is -4.74. The van der Waals surface area contributed by atoms with E-state index in [0.29, 0.717) is 6.42 Å². The number of halogens is 5. The largest absolute Gasteiger partial charge is 0.481 e. The van der Waals surface area contributed by atoms with Crippen molar-refractivity contribution >= 4 is 46.7 Å². The van der Waals surface area contributed by atoms with E-state index in [-0.39, 0.29) is 33.3 Å². The minimum absolute atomic E-state index is 0.00971. The lowest BCUT2D eigenvalue weighted by Gasteiger charge is -2.28. The van der Waals surface area contributed by atoms with E-state index < -0.39 is 47.4 Å². The zero-order valence-electron chi connectivity index (χ0n) is 20.7. The lowest BCUT2D eigenvalue weighted by atomic mass is 9.75. The third-order valence-corrected chi connectivity index (χ3v) is 7.59. The number of nitrogens with one attached hydrogen (secondary N) is 3. The van der Waals surface area contributed by atoms with Gasteiger partial charge >= 0.3 is 12.1 Å².